The van der Waals surface area contributed by atoms with Crippen LogP contribution in [0.15, 0.2) is 54.6 Å². The molecule has 0 aromatic heterocycles. The predicted octanol–water partition coefficient (Wildman–Crippen LogP) is 4.36. The molecule has 2 aromatic rings. The molecule has 35 heavy (non-hydrogen) atoms. The minimum absolute atomic E-state index is 0.119. The topological polar surface area (TPSA) is 86.8 Å². The number of sulfonamides is 1. The average molecular weight is 520 g/mol. The van der Waals surface area contributed by atoms with E-state index in [1.165, 1.54) is 4.31 Å². The largest absolute Gasteiger partial charge is 0.352 e. The van der Waals surface area contributed by atoms with Crippen LogP contribution in [-0.4, -0.2) is 50.0 Å². The van der Waals surface area contributed by atoms with Crippen molar-refractivity contribution in [3.63, 3.8) is 0 Å². The van der Waals surface area contributed by atoms with Gasteiger partial charge in [0.05, 0.1) is 11.9 Å². The van der Waals surface area contributed by atoms with Crippen LogP contribution in [0.1, 0.15) is 51.0 Å². The van der Waals surface area contributed by atoms with Gasteiger partial charge in [0.1, 0.15) is 6.04 Å². The van der Waals surface area contributed by atoms with Crippen molar-refractivity contribution < 1.29 is 18.0 Å². The zero-order chi connectivity index (χ0) is 25.4. The fraction of sp³-hybridized carbons (Fsp3) is 0.462. The van der Waals surface area contributed by atoms with E-state index in [2.05, 4.69) is 5.32 Å². The van der Waals surface area contributed by atoms with Crippen LogP contribution in [0.5, 0.6) is 0 Å². The Balaban J connectivity index is 1.68. The Kier molecular flexibility index (Phi) is 9.57. The molecular weight excluding hydrogens is 486 g/mol. The van der Waals surface area contributed by atoms with E-state index in [0.29, 0.717) is 23.7 Å². The highest BCUT2D eigenvalue weighted by atomic mass is 35.5. The molecule has 9 heteroatoms. The summed E-state index contributed by atoms with van der Waals surface area (Å²) in [6.45, 7) is 2.21. The van der Waals surface area contributed by atoms with Crippen molar-refractivity contribution in [3.05, 3.63) is 65.2 Å². The minimum Gasteiger partial charge on any atom is -0.352 e. The molecule has 1 fully saturated rings. The monoisotopic (exact) mass is 519 g/mol. The molecule has 1 atom stereocenters. The summed E-state index contributed by atoms with van der Waals surface area (Å²) in [6, 6.07) is 15.6. The van der Waals surface area contributed by atoms with Crippen molar-refractivity contribution in [2.45, 2.75) is 64.1 Å². The molecular formula is C26H34ClN3O4S. The molecule has 7 nitrogen and oxygen atoms in total. The number of halogens is 1. The molecule has 3 rings (SSSR count). The number of hydrogen-bond donors (Lipinski definition) is 1. The second kappa shape index (κ2) is 12.4. The van der Waals surface area contributed by atoms with Crippen molar-refractivity contribution in [1.82, 2.24) is 10.2 Å². The third-order valence-electron chi connectivity index (χ3n) is 6.33. The number of nitrogens with one attached hydrogen (secondary N) is 1. The Morgan fingerprint density at radius 1 is 1.06 bits per heavy atom. The summed E-state index contributed by atoms with van der Waals surface area (Å²) in [5.74, 6) is -0.340. The molecule has 2 amide bonds. The van der Waals surface area contributed by atoms with E-state index in [4.69, 9.17) is 11.6 Å². The summed E-state index contributed by atoms with van der Waals surface area (Å²) in [4.78, 5) is 27.9. The zero-order valence-corrected chi connectivity index (χ0v) is 21.9. The van der Waals surface area contributed by atoms with Gasteiger partial charge in [0.15, 0.2) is 0 Å². The first-order chi connectivity index (χ1) is 16.6. The lowest BCUT2D eigenvalue weighted by molar-refractivity contribution is -0.141. The molecule has 0 aliphatic heterocycles. The quantitative estimate of drug-likeness (QED) is 0.478. The fourth-order valence-corrected chi connectivity index (χ4v) is 5.46. The molecule has 1 N–H and O–H groups in total. The number of amides is 2. The number of hydrogen-bond acceptors (Lipinski definition) is 4. The van der Waals surface area contributed by atoms with Gasteiger partial charge >= 0.3 is 0 Å². The van der Waals surface area contributed by atoms with Crippen molar-refractivity contribution in [3.8, 4) is 0 Å². The molecule has 2 aromatic carbocycles. The van der Waals surface area contributed by atoms with Crippen LogP contribution in [0, 0.1) is 0 Å². The number of rotatable bonds is 11. The van der Waals surface area contributed by atoms with Gasteiger partial charge in [-0.25, -0.2) is 8.42 Å². The Hall–Kier alpha value is -2.58. The maximum absolute atomic E-state index is 13.3. The lowest BCUT2D eigenvalue weighted by Gasteiger charge is -2.30. The van der Waals surface area contributed by atoms with Crippen LogP contribution in [-0.2, 0) is 26.2 Å². The number of anilines is 1. The Morgan fingerprint density at radius 3 is 2.29 bits per heavy atom. The van der Waals surface area contributed by atoms with Crippen LogP contribution in [0.3, 0.4) is 0 Å². The standard InChI is InChI=1S/C26H34ClN3O4S/c1-20(26(32)28-23-11-6-7-12-23)29(19-21-9-4-3-5-10-21)25(31)13-8-18-30(35(2,33)34)24-16-14-22(27)15-17-24/h3-5,9-10,14-17,20,23H,6-8,11-13,18-19H2,1-2H3,(H,28,32)/t20-/m0/s1. The Morgan fingerprint density at radius 2 is 1.69 bits per heavy atom. The lowest BCUT2D eigenvalue weighted by Crippen LogP contribution is -2.49. The first-order valence-corrected chi connectivity index (χ1v) is 14.2. The number of carbonyl (C=O) groups excluding carboxylic acids is 2. The van der Waals surface area contributed by atoms with Gasteiger partial charge in [-0.15, -0.1) is 0 Å². The van der Waals surface area contributed by atoms with Crippen molar-refractivity contribution in [1.29, 1.82) is 0 Å². The van der Waals surface area contributed by atoms with Crippen molar-refractivity contribution in [2.75, 3.05) is 17.1 Å². The molecule has 1 aliphatic rings. The van der Waals surface area contributed by atoms with Crippen molar-refractivity contribution in [2.24, 2.45) is 0 Å². The number of nitrogens with zero attached hydrogens (tertiary/aromatic N) is 2. The first kappa shape index (κ1) is 27.0. The van der Waals surface area contributed by atoms with E-state index in [-0.39, 0.29) is 30.8 Å². The maximum Gasteiger partial charge on any atom is 0.242 e. The van der Waals surface area contributed by atoms with Gasteiger partial charge in [0.25, 0.3) is 0 Å². The fourth-order valence-electron chi connectivity index (χ4n) is 4.37. The Labute approximate surface area is 213 Å². The second-order valence-electron chi connectivity index (χ2n) is 9.09. The van der Waals surface area contributed by atoms with Crippen molar-refractivity contribution >= 4 is 39.1 Å². The van der Waals surface area contributed by atoms with Gasteiger partial charge in [-0.1, -0.05) is 54.8 Å². The normalized spacial score (nSPS) is 14.9. The van der Waals surface area contributed by atoms with Gasteiger partial charge < -0.3 is 10.2 Å². The van der Waals surface area contributed by atoms with Crippen LogP contribution in [0.25, 0.3) is 0 Å². The van der Waals surface area contributed by atoms with Gasteiger partial charge in [0.2, 0.25) is 21.8 Å². The predicted molar refractivity (Wildman–Crippen MR) is 140 cm³/mol. The van der Waals surface area contributed by atoms with Crippen LogP contribution >= 0.6 is 11.6 Å². The summed E-state index contributed by atoms with van der Waals surface area (Å²) < 4.78 is 26.0. The highest BCUT2D eigenvalue weighted by Gasteiger charge is 2.28. The van der Waals surface area contributed by atoms with E-state index in [9.17, 15) is 18.0 Å². The smallest absolute Gasteiger partial charge is 0.242 e. The minimum atomic E-state index is -3.54. The van der Waals surface area contributed by atoms with Crippen LogP contribution in [0.2, 0.25) is 5.02 Å². The molecule has 190 valence electrons. The maximum atomic E-state index is 13.3. The number of benzene rings is 2. The van der Waals surface area contributed by atoms with E-state index < -0.39 is 16.1 Å². The summed E-state index contributed by atoms with van der Waals surface area (Å²) in [6.07, 6.45) is 5.73. The van der Waals surface area contributed by atoms with E-state index in [1.54, 1.807) is 36.1 Å². The Bertz CT molecular complexity index is 1090. The zero-order valence-electron chi connectivity index (χ0n) is 20.3. The molecule has 0 radical (unpaired) electrons. The molecule has 0 unspecified atom stereocenters. The molecule has 0 heterocycles. The number of carbonyl (C=O) groups is 2. The third kappa shape index (κ3) is 7.97. The molecule has 0 bridgehead atoms. The van der Waals surface area contributed by atoms with E-state index >= 15 is 0 Å². The lowest BCUT2D eigenvalue weighted by atomic mass is 10.1. The van der Waals surface area contributed by atoms with Gasteiger partial charge in [-0.05, 0) is 56.0 Å². The summed E-state index contributed by atoms with van der Waals surface area (Å²) in [7, 11) is -3.54. The highest BCUT2D eigenvalue weighted by Crippen LogP contribution is 2.22. The summed E-state index contributed by atoms with van der Waals surface area (Å²) in [5, 5.41) is 3.60. The molecule has 0 spiro atoms. The second-order valence-corrected chi connectivity index (χ2v) is 11.4. The summed E-state index contributed by atoms with van der Waals surface area (Å²) >= 11 is 5.94. The average Bonchev–Trinajstić information content (AvgIpc) is 3.33. The van der Waals surface area contributed by atoms with E-state index in [0.717, 1.165) is 37.5 Å². The van der Waals surface area contributed by atoms with Gasteiger partial charge in [-0.3, -0.25) is 13.9 Å². The van der Waals surface area contributed by atoms with Gasteiger partial charge in [-0.2, -0.15) is 0 Å². The summed E-state index contributed by atoms with van der Waals surface area (Å²) in [5.41, 5.74) is 1.43. The van der Waals surface area contributed by atoms with Crippen LogP contribution in [0.4, 0.5) is 5.69 Å². The highest BCUT2D eigenvalue weighted by molar-refractivity contribution is 7.92. The molecule has 0 saturated heterocycles. The molecule has 1 saturated carbocycles. The van der Waals surface area contributed by atoms with Gasteiger partial charge in [0, 0.05) is 30.6 Å². The van der Waals surface area contributed by atoms with Crippen LogP contribution < -0.4 is 9.62 Å². The third-order valence-corrected chi connectivity index (χ3v) is 7.78. The molecule has 1 aliphatic carbocycles. The van der Waals surface area contributed by atoms with E-state index in [1.807, 2.05) is 30.3 Å². The first-order valence-electron chi connectivity index (χ1n) is 12.0. The SMILES string of the molecule is C[C@@H](C(=O)NC1CCCC1)N(Cc1ccccc1)C(=O)CCCN(c1ccc(Cl)cc1)S(C)(=O)=O.